The number of hydrogen-bond acceptors (Lipinski definition) is 3. The zero-order valence-electron chi connectivity index (χ0n) is 12.1. The maximum absolute atomic E-state index is 12.3. The molecule has 0 bridgehead atoms. The van der Waals surface area contributed by atoms with E-state index in [0.717, 1.165) is 25.7 Å². The molecule has 0 spiro atoms. The third-order valence-corrected chi connectivity index (χ3v) is 3.88. The van der Waals surface area contributed by atoms with Crippen LogP contribution in [-0.2, 0) is 0 Å². The Morgan fingerprint density at radius 3 is 2.68 bits per heavy atom. The van der Waals surface area contributed by atoms with Crippen molar-refractivity contribution in [3.05, 3.63) is 0 Å². The molecule has 1 N–H and O–H groups in total. The summed E-state index contributed by atoms with van der Waals surface area (Å²) in [6.07, 6.45) is 1.43. The molecule has 0 aromatic heterocycles. The van der Waals surface area contributed by atoms with E-state index in [1.807, 2.05) is 13.8 Å². The van der Waals surface area contributed by atoms with Crippen molar-refractivity contribution < 1.29 is 8.78 Å². The second-order valence-electron chi connectivity index (χ2n) is 5.91. The Morgan fingerprint density at radius 1 is 1.47 bits per heavy atom. The molecule has 1 aliphatic carbocycles. The summed E-state index contributed by atoms with van der Waals surface area (Å²) < 4.78 is 24.5. The number of halogens is 2. The van der Waals surface area contributed by atoms with Crippen molar-refractivity contribution in [2.24, 2.45) is 5.92 Å². The van der Waals surface area contributed by atoms with E-state index in [-0.39, 0.29) is 18.5 Å². The molecule has 1 fully saturated rings. The van der Waals surface area contributed by atoms with Crippen LogP contribution in [0.2, 0.25) is 0 Å². The van der Waals surface area contributed by atoms with Gasteiger partial charge in [-0.25, -0.2) is 8.78 Å². The molecule has 0 aliphatic heterocycles. The summed E-state index contributed by atoms with van der Waals surface area (Å²) in [6, 6.07) is 2.71. The second-order valence-corrected chi connectivity index (χ2v) is 5.91. The lowest BCUT2D eigenvalue weighted by molar-refractivity contribution is 0.0958. The first-order chi connectivity index (χ1) is 8.89. The average molecular weight is 273 g/mol. The molecule has 5 heteroatoms. The molecule has 19 heavy (non-hydrogen) atoms. The van der Waals surface area contributed by atoms with Crippen LogP contribution in [0, 0.1) is 17.2 Å². The van der Waals surface area contributed by atoms with Crippen LogP contribution in [0.15, 0.2) is 0 Å². The minimum atomic E-state index is -2.29. The normalized spacial score (nSPS) is 27.4. The van der Waals surface area contributed by atoms with Crippen molar-refractivity contribution >= 4 is 0 Å². The SMILES string of the molecule is CC(C)NC1(C#N)CCCC1CCN(C)CC(F)F. The quantitative estimate of drug-likeness (QED) is 0.775. The largest absolute Gasteiger partial charge is 0.301 e. The third kappa shape index (κ3) is 4.70. The first-order valence-electron chi connectivity index (χ1n) is 7.05. The predicted molar refractivity (Wildman–Crippen MR) is 72.1 cm³/mol. The number of hydrogen-bond donors (Lipinski definition) is 1. The fraction of sp³-hybridized carbons (Fsp3) is 0.929. The summed E-state index contributed by atoms with van der Waals surface area (Å²) in [7, 11) is 1.71. The second kappa shape index (κ2) is 7.16. The first kappa shape index (κ1) is 16.3. The van der Waals surface area contributed by atoms with Crippen LogP contribution < -0.4 is 5.32 Å². The van der Waals surface area contributed by atoms with E-state index < -0.39 is 12.0 Å². The molecular weight excluding hydrogens is 248 g/mol. The Hall–Kier alpha value is -0.730. The van der Waals surface area contributed by atoms with Crippen LogP contribution in [-0.4, -0.2) is 43.0 Å². The lowest BCUT2D eigenvalue weighted by Crippen LogP contribution is -2.50. The van der Waals surface area contributed by atoms with Gasteiger partial charge in [-0.1, -0.05) is 6.42 Å². The number of nitrogens with one attached hydrogen (secondary N) is 1. The van der Waals surface area contributed by atoms with E-state index in [9.17, 15) is 14.0 Å². The highest BCUT2D eigenvalue weighted by Gasteiger charge is 2.43. The highest BCUT2D eigenvalue weighted by atomic mass is 19.3. The molecular formula is C14H25F2N3. The van der Waals surface area contributed by atoms with E-state index in [2.05, 4.69) is 11.4 Å². The zero-order valence-corrected chi connectivity index (χ0v) is 12.1. The third-order valence-electron chi connectivity index (χ3n) is 3.88. The Balaban J connectivity index is 2.54. The molecule has 0 radical (unpaired) electrons. The summed E-state index contributed by atoms with van der Waals surface area (Å²) in [5.74, 6) is 0.264. The Bertz CT molecular complexity index is 314. The summed E-state index contributed by atoms with van der Waals surface area (Å²) in [5, 5.41) is 12.9. The van der Waals surface area contributed by atoms with Gasteiger partial charge in [0.2, 0.25) is 0 Å². The van der Waals surface area contributed by atoms with Crippen molar-refractivity contribution in [1.82, 2.24) is 10.2 Å². The van der Waals surface area contributed by atoms with Crippen LogP contribution >= 0.6 is 0 Å². The minimum absolute atomic E-state index is 0.191. The van der Waals surface area contributed by atoms with Gasteiger partial charge in [0.15, 0.2) is 0 Å². The van der Waals surface area contributed by atoms with Crippen LogP contribution in [0.25, 0.3) is 0 Å². The fourth-order valence-electron chi connectivity index (χ4n) is 3.06. The molecule has 0 aromatic rings. The van der Waals surface area contributed by atoms with Gasteiger partial charge in [-0.15, -0.1) is 0 Å². The van der Waals surface area contributed by atoms with E-state index in [4.69, 9.17) is 0 Å². The number of nitriles is 1. The molecule has 1 saturated carbocycles. The van der Waals surface area contributed by atoms with Gasteiger partial charge in [0.1, 0.15) is 5.54 Å². The number of nitrogens with zero attached hydrogens (tertiary/aromatic N) is 2. The molecule has 3 nitrogen and oxygen atoms in total. The van der Waals surface area contributed by atoms with Crippen LogP contribution in [0.4, 0.5) is 8.78 Å². The van der Waals surface area contributed by atoms with E-state index in [1.165, 1.54) is 0 Å². The lowest BCUT2D eigenvalue weighted by Gasteiger charge is -2.33. The molecule has 0 saturated heterocycles. The minimum Gasteiger partial charge on any atom is -0.301 e. The summed E-state index contributed by atoms with van der Waals surface area (Å²) in [5.41, 5.74) is -0.458. The lowest BCUT2D eigenvalue weighted by atomic mass is 9.85. The van der Waals surface area contributed by atoms with Gasteiger partial charge in [0.25, 0.3) is 6.43 Å². The molecule has 1 aliphatic rings. The fourth-order valence-corrected chi connectivity index (χ4v) is 3.06. The average Bonchev–Trinajstić information content (AvgIpc) is 2.68. The van der Waals surface area contributed by atoms with Crippen molar-refractivity contribution in [1.29, 1.82) is 5.26 Å². The molecule has 2 unspecified atom stereocenters. The van der Waals surface area contributed by atoms with Gasteiger partial charge in [0.05, 0.1) is 12.6 Å². The highest BCUT2D eigenvalue weighted by Crippen LogP contribution is 2.38. The summed E-state index contributed by atoms with van der Waals surface area (Å²) >= 11 is 0. The maximum atomic E-state index is 12.3. The molecule has 2 atom stereocenters. The molecule has 110 valence electrons. The van der Waals surface area contributed by atoms with Gasteiger partial charge in [-0.2, -0.15) is 5.26 Å². The van der Waals surface area contributed by atoms with E-state index >= 15 is 0 Å². The molecule has 0 aromatic carbocycles. The van der Waals surface area contributed by atoms with Crippen molar-refractivity contribution in [2.45, 2.75) is 57.5 Å². The van der Waals surface area contributed by atoms with Gasteiger partial charge in [0, 0.05) is 6.04 Å². The highest BCUT2D eigenvalue weighted by molar-refractivity contribution is 5.14. The van der Waals surface area contributed by atoms with Gasteiger partial charge >= 0.3 is 0 Å². The Labute approximate surface area is 115 Å². The van der Waals surface area contributed by atoms with E-state index in [0.29, 0.717) is 6.54 Å². The monoisotopic (exact) mass is 273 g/mol. The van der Waals surface area contributed by atoms with Crippen molar-refractivity contribution in [3.8, 4) is 6.07 Å². The topological polar surface area (TPSA) is 39.1 Å². The number of rotatable bonds is 7. The van der Waals surface area contributed by atoms with Gasteiger partial charge < -0.3 is 4.90 Å². The summed E-state index contributed by atoms with van der Waals surface area (Å²) in [6.45, 7) is 4.51. The standard InChI is InChI=1S/C14H25F2N3/c1-11(2)18-14(10-17)7-4-5-12(14)6-8-19(3)9-13(15)16/h11-13,18H,4-9H2,1-3H3. The zero-order chi connectivity index (χ0) is 14.5. The predicted octanol–water partition coefficient (Wildman–Crippen LogP) is 2.63. The first-order valence-corrected chi connectivity index (χ1v) is 7.05. The van der Waals surface area contributed by atoms with Gasteiger partial charge in [-0.05, 0) is 52.6 Å². The van der Waals surface area contributed by atoms with Crippen LogP contribution in [0.5, 0.6) is 0 Å². The van der Waals surface area contributed by atoms with E-state index in [1.54, 1.807) is 11.9 Å². The molecule has 0 heterocycles. The van der Waals surface area contributed by atoms with Crippen LogP contribution in [0.3, 0.4) is 0 Å². The smallest absolute Gasteiger partial charge is 0.251 e. The Morgan fingerprint density at radius 2 is 2.16 bits per heavy atom. The molecule has 0 amide bonds. The van der Waals surface area contributed by atoms with Crippen molar-refractivity contribution in [2.75, 3.05) is 20.1 Å². The summed E-state index contributed by atoms with van der Waals surface area (Å²) in [4.78, 5) is 1.65. The Kier molecular flexibility index (Phi) is 6.15. The van der Waals surface area contributed by atoms with Gasteiger partial charge in [-0.3, -0.25) is 5.32 Å². The maximum Gasteiger partial charge on any atom is 0.251 e. The molecule has 1 rings (SSSR count). The number of alkyl halides is 2. The van der Waals surface area contributed by atoms with Crippen molar-refractivity contribution in [3.63, 3.8) is 0 Å². The van der Waals surface area contributed by atoms with Crippen LogP contribution in [0.1, 0.15) is 39.5 Å².